The predicted octanol–water partition coefficient (Wildman–Crippen LogP) is 0.993. The zero-order valence-electron chi connectivity index (χ0n) is 14.7. The molecule has 3 heterocycles. The van der Waals surface area contributed by atoms with E-state index in [1.54, 1.807) is 18.2 Å². The summed E-state index contributed by atoms with van der Waals surface area (Å²) in [5, 5.41) is 10.9. The van der Waals surface area contributed by atoms with Crippen LogP contribution in [0.15, 0.2) is 42.6 Å². The van der Waals surface area contributed by atoms with Crippen LogP contribution in [0.5, 0.6) is 0 Å². The molecule has 0 bridgehead atoms. The van der Waals surface area contributed by atoms with E-state index >= 15 is 0 Å². The average Bonchev–Trinajstić information content (AvgIpc) is 3.17. The summed E-state index contributed by atoms with van der Waals surface area (Å²) in [7, 11) is 0. The molecular formula is C19H17N5O3. The minimum Gasteiger partial charge on any atom is -0.354 e. The van der Waals surface area contributed by atoms with Gasteiger partial charge in [-0.2, -0.15) is 0 Å². The highest BCUT2D eigenvalue weighted by Gasteiger charge is 2.36. The normalized spacial score (nSPS) is 13.3. The number of carbonyl (C=O) groups excluding carboxylic acids is 3. The fraction of sp³-hybridized carbons (Fsp3) is 0.211. The molecule has 0 aliphatic carbocycles. The van der Waals surface area contributed by atoms with Crippen molar-refractivity contribution in [2.24, 2.45) is 0 Å². The van der Waals surface area contributed by atoms with Crippen LogP contribution in [0.25, 0.3) is 5.65 Å². The second-order valence-corrected chi connectivity index (χ2v) is 6.39. The van der Waals surface area contributed by atoms with E-state index < -0.39 is 17.7 Å². The van der Waals surface area contributed by atoms with E-state index in [4.69, 9.17) is 0 Å². The Labute approximate surface area is 154 Å². The first-order chi connectivity index (χ1) is 13.0. The molecule has 1 aliphatic heterocycles. The third-order valence-electron chi connectivity index (χ3n) is 4.48. The Morgan fingerprint density at radius 1 is 1.07 bits per heavy atom. The van der Waals surface area contributed by atoms with Gasteiger partial charge in [0.05, 0.1) is 11.1 Å². The molecule has 2 aromatic heterocycles. The van der Waals surface area contributed by atoms with Crippen molar-refractivity contribution in [2.75, 3.05) is 13.1 Å². The van der Waals surface area contributed by atoms with Crippen LogP contribution in [0.4, 0.5) is 0 Å². The van der Waals surface area contributed by atoms with E-state index in [1.165, 1.54) is 0 Å². The Bertz CT molecular complexity index is 1070. The SMILES string of the molecule is Cc1ccc2c(c1)C(=O)N(CC(=O)NCCc1nnc3ccccn13)C2=O. The number of rotatable bonds is 5. The number of nitrogens with zero attached hydrogens (tertiary/aromatic N) is 4. The van der Waals surface area contributed by atoms with E-state index in [0.717, 1.165) is 21.9 Å². The summed E-state index contributed by atoms with van der Waals surface area (Å²) >= 11 is 0. The molecule has 8 heteroatoms. The molecule has 4 rings (SSSR count). The van der Waals surface area contributed by atoms with Crippen LogP contribution in [0, 0.1) is 6.92 Å². The third kappa shape index (κ3) is 3.05. The zero-order valence-corrected chi connectivity index (χ0v) is 14.7. The van der Waals surface area contributed by atoms with E-state index in [2.05, 4.69) is 15.5 Å². The smallest absolute Gasteiger partial charge is 0.262 e. The number of aryl methyl sites for hydroxylation is 1. The van der Waals surface area contributed by atoms with Gasteiger partial charge in [-0.1, -0.05) is 17.7 Å². The van der Waals surface area contributed by atoms with Crippen molar-refractivity contribution in [1.29, 1.82) is 0 Å². The number of hydrogen-bond acceptors (Lipinski definition) is 5. The first-order valence-corrected chi connectivity index (χ1v) is 8.57. The fourth-order valence-electron chi connectivity index (χ4n) is 3.12. The molecule has 136 valence electrons. The van der Waals surface area contributed by atoms with Gasteiger partial charge in [-0.15, -0.1) is 10.2 Å². The number of hydrogen-bond donors (Lipinski definition) is 1. The molecule has 1 N–H and O–H groups in total. The lowest BCUT2D eigenvalue weighted by atomic mass is 10.1. The highest BCUT2D eigenvalue weighted by atomic mass is 16.2. The molecule has 1 aromatic carbocycles. The van der Waals surface area contributed by atoms with Crippen LogP contribution >= 0.6 is 0 Å². The number of fused-ring (bicyclic) bond motifs is 2. The van der Waals surface area contributed by atoms with Crippen LogP contribution in [-0.4, -0.2) is 50.3 Å². The molecule has 0 fully saturated rings. The molecule has 3 amide bonds. The van der Waals surface area contributed by atoms with Crippen LogP contribution in [0.2, 0.25) is 0 Å². The van der Waals surface area contributed by atoms with Crippen molar-refractivity contribution in [1.82, 2.24) is 24.8 Å². The van der Waals surface area contributed by atoms with Crippen LogP contribution in [0.1, 0.15) is 32.1 Å². The Balaban J connectivity index is 1.36. The van der Waals surface area contributed by atoms with Crippen molar-refractivity contribution in [3.8, 4) is 0 Å². The number of aromatic nitrogens is 3. The molecule has 3 aromatic rings. The Morgan fingerprint density at radius 3 is 2.74 bits per heavy atom. The molecule has 0 spiro atoms. The Morgan fingerprint density at radius 2 is 1.89 bits per heavy atom. The number of imide groups is 1. The quantitative estimate of drug-likeness (QED) is 0.682. The molecule has 0 unspecified atom stereocenters. The number of benzene rings is 1. The zero-order chi connectivity index (χ0) is 19.0. The van der Waals surface area contributed by atoms with Gasteiger partial charge >= 0.3 is 0 Å². The van der Waals surface area contributed by atoms with Crippen LogP contribution in [-0.2, 0) is 11.2 Å². The summed E-state index contributed by atoms with van der Waals surface area (Å²) in [6, 6.07) is 10.7. The first kappa shape index (κ1) is 16.9. The number of pyridine rings is 1. The first-order valence-electron chi connectivity index (χ1n) is 8.57. The monoisotopic (exact) mass is 363 g/mol. The predicted molar refractivity (Wildman–Crippen MR) is 96.2 cm³/mol. The number of amides is 3. The van der Waals surface area contributed by atoms with Crippen molar-refractivity contribution in [3.05, 3.63) is 65.1 Å². The molecule has 0 saturated carbocycles. The maximum absolute atomic E-state index is 12.4. The summed E-state index contributed by atoms with van der Waals surface area (Å²) < 4.78 is 1.85. The topological polar surface area (TPSA) is 96.7 Å². The van der Waals surface area contributed by atoms with Gasteiger partial charge in [0, 0.05) is 19.2 Å². The molecule has 8 nitrogen and oxygen atoms in total. The number of nitrogens with one attached hydrogen (secondary N) is 1. The largest absolute Gasteiger partial charge is 0.354 e. The summed E-state index contributed by atoms with van der Waals surface area (Å²) in [6.45, 7) is 1.88. The van der Waals surface area contributed by atoms with Gasteiger partial charge in [0.2, 0.25) is 5.91 Å². The van der Waals surface area contributed by atoms with E-state index in [9.17, 15) is 14.4 Å². The summed E-state index contributed by atoms with van der Waals surface area (Å²) in [6.07, 6.45) is 2.34. The van der Waals surface area contributed by atoms with Gasteiger partial charge in [-0.05, 0) is 31.2 Å². The Kier molecular flexibility index (Phi) is 4.15. The lowest BCUT2D eigenvalue weighted by Crippen LogP contribution is -2.41. The molecular weight excluding hydrogens is 346 g/mol. The van der Waals surface area contributed by atoms with E-state index in [1.807, 2.05) is 35.7 Å². The Hall–Kier alpha value is -3.55. The number of carbonyl (C=O) groups is 3. The highest BCUT2D eigenvalue weighted by molar-refractivity contribution is 6.22. The van der Waals surface area contributed by atoms with E-state index in [-0.39, 0.29) is 6.54 Å². The van der Waals surface area contributed by atoms with E-state index in [0.29, 0.717) is 24.1 Å². The molecule has 27 heavy (non-hydrogen) atoms. The van der Waals surface area contributed by atoms with Crippen LogP contribution < -0.4 is 5.32 Å². The highest BCUT2D eigenvalue weighted by Crippen LogP contribution is 2.23. The van der Waals surface area contributed by atoms with Gasteiger partial charge in [0.15, 0.2) is 5.65 Å². The standard InChI is InChI=1S/C19H17N5O3/c1-12-5-6-13-14(10-12)19(27)24(18(13)26)11-17(25)20-8-7-16-22-21-15-4-2-3-9-23(15)16/h2-6,9-10H,7-8,11H2,1H3,(H,20,25). The minimum absolute atomic E-state index is 0.300. The average molecular weight is 363 g/mol. The van der Waals surface area contributed by atoms with Crippen molar-refractivity contribution in [2.45, 2.75) is 13.3 Å². The molecule has 0 radical (unpaired) electrons. The lowest BCUT2D eigenvalue weighted by molar-refractivity contribution is -0.121. The van der Waals surface area contributed by atoms with Gasteiger partial charge in [0.1, 0.15) is 12.4 Å². The van der Waals surface area contributed by atoms with Gasteiger partial charge in [-0.3, -0.25) is 23.7 Å². The molecule has 0 atom stereocenters. The van der Waals surface area contributed by atoms with Crippen molar-refractivity contribution >= 4 is 23.4 Å². The second kappa shape index (κ2) is 6.64. The van der Waals surface area contributed by atoms with Gasteiger partial charge < -0.3 is 5.32 Å². The summed E-state index contributed by atoms with van der Waals surface area (Å²) in [4.78, 5) is 37.9. The van der Waals surface area contributed by atoms with Crippen LogP contribution in [0.3, 0.4) is 0 Å². The van der Waals surface area contributed by atoms with Crippen molar-refractivity contribution < 1.29 is 14.4 Å². The van der Waals surface area contributed by atoms with Gasteiger partial charge in [-0.25, -0.2) is 0 Å². The fourth-order valence-corrected chi connectivity index (χ4v) is 3.12. The minimum atomic E-state index is -0.436. The maximum Gasteiger partial charge on any atom is 0.262 e. The third-order valence-corrected chi connectivity index (χ3v) is 4.48. The second-order valence-electron chi connectivity index (χ2n) is 6.39. The summed E-state index contributed by atoms with van der Waals surface area (Å²) in [5.41, 5.74) is 2.32. The maximum atomic E-state index is 12.4. The van der Waals surface area contributed by atoms with Gasteiger partial charge in [0.25, 0.3) is 11.8 Å². The molecule has 1 aliphatic rings. The summed E-state index contributed by atoms with van der Waals surface area (Å²) in [5.74, 6) is -0.539. The lowest BCUT2D eigenvalue weighted by Gasteiger charge is -2.13. The molecule has 0 saturated heterocycles. The van der Waals surface area contributed by atoms with Crippen molar-refractivity contribution in [3.63, 3.8) is 0 Å².